The van der Waals surface area contributed by atoms with Crippen LogP contribution in [-0.4, -0.2) is 28.7 Å². The molecule has 96 valence electrons. The molecule has 5 atom stereocenters. The molecule has 0 unspecified atom stereocenters. The van der Waals surface area contributed by atoms with Crippen LogP contribution in [0.2, 0.25) is 0 Å². The molecule has 3 aliphatic rings. The standard InChI is InChI=1S/C14H22O3/c1-13(2)7-8-9(13)6-12(16)14(3)11(15)5-4-10(8)17-14/h8-11,15H,4-7H2,1-3H3/t8-,9+,10-,11+,14+/m0/s1. The Morgan fingerprint density at radius 3 is 2.65 bits per heavy atom. The van der Waals surface area contributed by atoms with Gasteiger partial charge in [-0.25, -0.2) is 0 Å². The molecule has 0 aromatic carbocycles. The van der Waals surface area contributed by atoms with Crippen LogP contribution in [0.25, 0.3) is 0 Å². The van der Waals surface area contributed by atoms with Crippen LogP contribution in [0.3, 0.4) is 0 Å². The maximum absolute atomic E-state index is 12.3. The lowest BCUT2D eigenvalue weighted by molar-refractivity contribution is -0.203. The molecular formula is C14H22O3. The molecule has 0 aromatic heterocycles. The van der Waals surface area contributed by atoms with Crippen molar-refractivity contribution in [1.29, 1.82) is 0 Å². The van der Waals surface area contributed by atoms with Crippen molar-refractivity contribution in [1.82, 2.24) is 0 Å². The minimum Gasteiger partial charge on any atom is -0.390 e. The summed E-state index contributed by atoms with van der Waals surface area (Å²) in [5.74, 6) is 1.09. The Labute approximate surface area is 103 Å². The quantitative estimate of drug-likeness (QED) is 0.701. The molecule has 2 aliphatic heterocycles. The Bertz CT molecular complexity index is 362. The van der Waals surface area contributed by atoms with Gasteiger partial charge in [0.05, 0.1) is 12.2 Å². The summed E-state index contributed by atoms with van der Waals surface area (Å²) in [6.45, 7) is 6.27. The second kappa shape index (κ2) is 3.33. The average Bonchev–Trinajstić information content (AvgIpc) is 2.33. The molecule has 0 radical (unpaired) electrons. The minimum absolute atomic E-state index is 0.106. The summed E-state index contributed by atoms with van der Waals surface area (Å²) in [4.78, 5) is 12.3. The fraction of sp³-hybridized carbons (Fsp3) is 0.929. The molecule has 1 saturated carbocycles. The topological polar surface area (TPSA) is 46.5 Å². The van der Waals surface area contributed by atoms with Gasteiger partial charge in [-0.05, 0) is 43.4 Å². The number of Topliss-reactive ketones (excluding diaryl/α,β-unsaturated/α-hetero) is 1. The van der Waals surface area contributed by atoms with Crippen LogP contribution in [0.15, 0.2) is 0 Å². The Morgan fingerprint density at radius 1 is 1.29 bits per heavy atom. The number of hydrogen-bond acceptors (Lipinski definition) is 3. The van der Waals surface area contributed by atoms with Gasteiger partial charge in [0, 0.05) is 6.42 Å². The second-order valence-corrected chi connectivity index (χ2v) is 6.95. The van der Waals surface area contributed by atoms with E-state index in [1.807, 2.05) is 0 Å². The van der Waals surface area contributed by atoms with Crippen LogP contribution in [0.1, 0.15) is 46.5 Å². The second-order valence-electron chi connectivity index (χ2n) is 6.95. The maximum Gasteiger partial charge on any atom is 0.167 e. The van der Waals surface area contributed by atoms with Gasteiger partial charge in [0.2, 0.25) is 0 Å². The van der Waals surface area contributed by atoms with Crippen molar-refractivity contribution in [2.45, 2.75) is 64.3 Å². The largest absolute Gasteiger partial charge is 0.390 e. The number of carbonyl (C=O) groups excluding carboxylic acids is 1. The molecule has 2 heterocycles. The number of aliphatic hydroxyl groups is 1. The molecule has 0 amide bonds. The van der Waals surface area contributed by atoms with E-state index < -0.39 is 11.7 Å². The van der Waals surface area contributed by atoms with Crippen LogP contribution in [0, 0.1) is 17.3 Å². The molecule has 0 aromatic rings. The smallest absolute Gasteiger partial charge is 0.167 e. The highest BCUT2D eigenvalue weighted by Gasteiger charge is 2.59. The van der Waals surface area contributed by atoms with Crippen LogP contribution in [0.5, 0.6) is 0 Å². The molecule has 1 N–H and O–H groups in total. The summed E-state index contributed by atoms with van der Waals surface area (Å²) in [7, 11) is 0. The summed E-state index contributed by atoms with van der Waals surface area (Å²) in [5, 5.41) is 10.1. The molecule has 3 heteroatoms. The number of fused-ring (bicyclic) bond motifs is 4. The first-order chi connectivity index (χ1) is 7.84. The van der Waals surface area contributed by atoms with Crippen LogP contribution < -0.4 is 0 Å². The van der Waals surface area contributed by atoms with E-state index in [1.54, 1.807) is 6.92 Å². The van der Waals surface area contributed by atoms with Crippen molar-refractivity contribution in [2.75, 3.05) is 0 Å². The lowest BCUT2D eigenvalue weighted by Gasteiger charge is -2.53. The van der Waals surface area contributed by atoms with Crippen LogP contribution in [0.4, 0.5) is 0 Å². The van der Waals surface area contributed by atoms with Gasteiger partial charge in [-0.1, -0.05) is 13.8 Å². The summed E-state index contributed by atoms with van der Waals surface area (Å²) in [5.41, 5.74) is -0.668. The van der Waals surface area contributed by atoms with Gasteiger partial charge < -0.3 is 9.84 Å². The lowest BCUT2D eigenvalue weighted by Crippen LogP contribution is -2.54. The van der Waals surface area contributed by atoms with E-state index in [4.69, 9.17) is 4.74 Å². The third-order valence-corrected chi connectivity index (χ3v) is 5.48. The number of aliphatic hydroxyl groups excluding tert-OH is 1. The summed E-state index contributed by atoms with van der Waals surface area (Å²) in [6.07, 6.45) is 2.92. The summed E-state index contributed by atoms with van der Waals surface area (Å²) < 4.78 is 5.99. The van der Waals surface area contributed by atoms with E-state index in [2.05, 4.69) is 13.8 Å². The Balaban J connectivity index is 1.94. The zero-order chi connectivity index (χ0) is 12.4. The Kier molecular flexibility index (Phi) is 2.28. The number of hydrogen-bond donors (Lipinski definition) is 1. The van der Waals surface area contributed by atoms with E-state index in [1.165, 1.54) is 0 Å². The zero-order valence-electron chi connectivity index (χ0n) is 10.9. The molecule has 3 nitrogen and oxygen atoms in total. The molecule has 1 aliphatic carbocycles. The van der Waals surface area contributed by atoms with Crippen molar-refractivity contribution in [3.8, 4) is 0 Å². The van der Waals surface area contributed by atoms with Crippen molar-refractivity contribution in [3.63, 3.8) is 0 Å². The molecule has 17 heavy (non-hydrogen) atoms. The Morgan fingerprint density at radius 2 is 2.00 bits per heavy atom. The number of ether oxygens (including phenoxy) is 1. The van der Waals surface area contributed by atoms with E-state index >= 15 is 0 Å². The highest BCUT2D eigenvalue weighted by Crippen LogP contribution is 2.58. The predicted octanol–water partition coefficient (Wildman–Crippen LogP) is 1.92. The summed E-state index contributed by atoms with van der Waals surface area (Å²) in [6, 6.07) is 0. The fourth-order valence-electron chi connectivity index (χ4n) is 4.14. The summed E-state index contributed by atoms with van der Waals surface area (Å²) >= 11 is 0. The van der Waals surface area contributed by atoms with E-state index in [9.17, 15) is 9.90 Å². The fourth-order valence-corrected chi connectivity index (χ4v) is 4.14. The highest BCUT2D eigenvalue weighted by atomic mass is 16.5. The zero-order valence-corrected chi connectivity index (χ0v) is 10.9. The lowest BCUT2D eigenvalue weighted by atomic mass is 9.52. The van der Waals surface area contributed by atoms with Gasteiger partial charge in [-0.15, -0.1) is 0 Å². The SMILES string of the molecule is CC1(C)C[C@@H]2[C@@H]3CC[C@@H](O)[C@@](C)(O3)C(=O)C[C@H]21. The normalized spacial score (nSPS) is 52.4. The average molecular weight is 238 g/mol. The van der Waals surface area contributed by atoms with Gasteiger partial charge in [0.15, 0.2) is 5.78 Å². The molecule has 0 spiro atoms. The van der Waals surface area contributed by atoms with E-state index in [-0.39, 0.29) is 17.3 Å². The number of carbonyl (C=O) groups is 1. The van der Waals surface area contributed by atoms with E-state index in [0.29, 0.717) is 24.7 Å². The first-order valence-electron chi connectivity index (χ1n) is 6.74. The van der Waals surface area contributed by atoms with Gasteiger partial charge in [0.1, 0.15) is 5.60 Å². The Hall–Kier alpha value is -0.410. The molecular weight excluding hydrogens is 216 g/mol. The van der Waals surface area contributed by atoms with Crippen LogP contribution in [-0.2, 0) is 9.53 Å². The predicted molar refractivity (Wildman–Crippen MR) is 63.5 cm³/mol. The van der Waals surface area contributed by atoms with Gasteiger partial charge in [-0.3, -0.25) is 4.79 Å². The molecule has 2 bridgehead atoms. The molecule has 2 saturated heterocycles. The van der Waals surface area contributed by atoms with Gasteiger partial charge in [0.25, 0.3) is 0 Å². The van der Waals surface area contributed by atoms with Gasteiger partial charge in [-0.2, -0.15) is 0 Å². The molecule has 3 rings (SSSR count). The maximum atomic E-state index is 12.3. The van der Waals surface area contributed by atoms with Crippen molar-refractivity contribution in [2.24, 2.45) is 17.3 Å². The number of rotatable bonds is 0. The first kappa shape index (κ1) is 11.7. The van der Waals surface area contributed by atoms with Gasteiger partial charge >= 0.3 is 0 Å². The monoisotopic (exact) mass is 238 g/mol. The number of ketones is 1. The van der Waals surface area contributed by atoms with Crippen molar-refractivity contribution < 1.29 is 14.6 Å². The van der Waals surface area contributed by atoms with Crippen molar-refractivity contribution >= 4 is 5.78 Å². The first-order valence-corrected chi connectivity index (χ1v) is 6.74. The minimum atomic E-state index is -0.934. The van der Waals surface area contributed by atoms with Crippen LogP contribution >= 0.6 is 0 Å². The third kappa shape index (κ3) is 1.45. The van der Waals surface area contributed by atoms with E-state index in [0.717, 1.165) is 12.8 Å². The third-order valence-electron chi connectivity index (χ3n) is 5.48. The molecule has 3 fully saturated rings. The highest BCUT2D eigenvalue weighted by molar-refractivity contribution is 5.88. The van der Waals surface area contributed by atoms with Crippen molar-refractivity contribution in [3.05, 3.63) is 0 Å².